The number of rotatable bonds is 44. The lowest BCUT2D eigenvalue weighted by molar-refractivity contribution is -0.137. The predicted octanol–water partition coefficient (Wildman–Crippen LogP) is -7.86. The molecule has 1 aliphatic rings. The molecule has 23 N–H and O–H groups in total. The van der Waals surface area contributed by atoms with E-state index in [0.717, 1.165) is 26.7 Å². The Bertz CT molecular complexity index is 3790. The summed E-state index contributed by atoms with van der Waals surface area (Å²) in [6.45, 7) is 5.94. The third kappa shape index (κ3) is 43.5. The summed E-state index contributed by atoms with van der Waals surface area (Å²) in [7, 11) is -23.5. The summed E-state index contributed by atoms with van der Waals surface area (Å²) >= 11 is 0. The molecule has 0 unspecified atom stereocenters. The van der Waals surface area contributed by atoms with Gasteiger partial charge in [-0.1, -0.05) is 77.3 Å². The Morgan fingerprint density at radius 2 is 0.882 bits per heavy atom. The number of amides is 11. The van der Waals surface area contributed by atoms with E-state index in [4.69, 9.17) is 0 Å². The zero-order valence-electron chi connectivity index (χ0n) is 61.7. The lowest BCUT2D eigenvalue weighted by atomic mass is 10.00. The maximum Gasteiger partial charge on any atom is 0.278 e. The molecule has 0 spiro atoms. The van der Waals surface area contributed by atoms with Crippen LogP contribution in [0, 0.1) is 11.8 Å². The monoisotopic (exact) mass is 1670 g/mol. The van der Waals surface area contributed by atoms with Gasteiger partial charge in [0.05, 0.1) is 12.2 Å². The average Bonchev–Trinajstić information content (AvgIpc) is 0.933. The molecule has 0 saturated carbocycles. The Morgan fingerprint density at radius 1 is 0.473 bits per heavy atom. The molecular weight excluding hydrogens is 1570 g/mol. The number of carbonyl (C=O) groups is 11. The zero-order chi connectivity index (χ0) is 83.3. The van der Waals surface area contributed by atoms with Crippen molar-refractivity contribution in [2.45, 2.75) is 198 Å². The maximum absolute atomic E-state index is 15.0. The van der Waals surface area contributed by atoms with E-state index in [1.807, 2.05) is 13.8 Å². The van der Waals surface area contributed by atoms with Gasteiger partial charge in [0, 0.05) is 19.4 Å². The van der Waals surface area contributed by atoms with E-state index < -0.39 is 301 Å². The van der Waals surface area contributed by atoms with Gasteiger partial charge in [0.2, 0.25) is 65.0 Å². The molecule has 1 aromatic carbocycles. The van der Waals surface area contributed by atoms with Gasteiger partial charge < -0.3 is 95.3 Å². The largest absolute Gasteiger partial charge is 0.391 e. The molecule has 1 saturated heterocycles. The van der Waals surface area contributed by atoms with Gasteiger partial charge in [-0.05, 0) is 115 Å². The summed E-state index contributed by atoms with van der Waals surface area (Å²) in [5, 5.41) is 59.9. The standard InChI is InChI=1S/C61H108N16O28S5/c1-7-37(4)13-11-12-16-49(80)68-41(17-23-62-31-106(91,92)93)56(85)77-51(39(6)79)61(90)73-44(20-26-65-34-109(100,101)102)53(82)71-46-22-28-67-60(89)50(38(5)78)76-57(86)45(21-27-66-35-110(103,104)105)70-52(81)42(18-24-63-32-107(94,95)96)72-58(87)47(29-36(2)3)74-59(88)48(30-40-14-9-8-10-15-40)75-55(84)43(69-54(46)83)19-25-64-33-108(97,98)99/h8-10,14-15,36-39,41-48,50-51,62-66,78-79H,7,11-13,16-35H2,1-6H3,(H,67,89)(H,68,80)(H,69,83)(H,70,81)(H,71,82)(H,72,87)(H,73,90)(H,74,88)(H,75,84)(H,76,86)(H,77,85)(H,91,92,93)(H,94,95,96)(H,97,98,99)(H,100,101,102)(H,103,104,105)/t37-,38+,39-,41-,42-,43-,44-,45-,46-,47-,48+,50-,51-/m0/s1. The van der Waals surface area contributed by atoms with Crippen LogP contribution in [-0.2, 0) is 110 Å². The number of aliphatic hydroxyl groups is 2. The Kier molecular flexibility index (Phi) is 43.6. The summed E-state index contributed by atoms with van der Waals surface area (Å²) in [6, 6.07) is -11.0. The van der Waals surface area contributed by atoms with Crippen molar-refractivity contribution in [3.63, 3.8) is 0 Å². The van der Waals surface area contributed by atoms with E-state index in [9.17, 15) is 123 Å². The van der Waals surface area contributed by atoms with E-state index in [0.29, 0.717) is 24.3 Å². The van der Waals surface area contributed by atoms with Crippen LogP contribution in [-0.4, -0.2) is 281 Å². The van der Waals surface area contributed by atoms with Crippen LogP contribution in [0.15, 0.2) is 30.3 Å². The van der Waals surface area contributed by atoms with Crippen molar-refractivity contribution in [1.29, 1.82) is 0 Å². The molecule has 0 radical (unpaired) electrons. The number of hydrogen-bond acceptors (Lipinski definition) is 28. The van der Waals surface area contributed by atoms with Gasteiger partial charge in [-0.3, -0.25) is 75.5 Å². The van der Waals surface area contributed by atoms with Crippen molar-refractivity contribution in [2.75, 3.05) is 68.7 Å². The van der Waals surface area contributed by atoms with Crippen LogP contribution in [0.5, 0.6) is 0 Å². The van der Waals surface area contributed by atoms with Gasteiger partial charge in [-0.2, -0.15) is 42.1 Å². The van der Waals surface area contributed by atoms with E-state index in [-0.39, 0.29) is 19.4 Å². The smallest absolute Gasteiger partial charge is 0.278 e. The summed E-state index contributed by atoms with van der Waals surface area (Å²) in [6.07, 6.45) is -5.52. The second-order valence-corrected chi connectivity index (χ2v) is 34.0. The Labute approximate surface area is 639 Å². The number of hydrogen-bond donors (Lipinski definition) is 23. The molecule has 0 aliphatic carbocycles. The van der Waals surface area contributed by atoms with Crippen LogP contribution < -0.4 is 85.1 Å². The minimum atomic E-state index is -4.78. The van der Waals surface area contributed by atoms with Crippen molar-refractivity contribution in [2.24, 2.45) is 11.8 Å². The van der Waals surface area contributed by atoms with Gasteiger partial charge in [-0.25, -0.2) is 0 Å². The first kappa shape index (κ1) is 98.7. The molecule has 110 heavy (non-hydrogen) atoms. The molecule has 0 aromatic heterocycles. The highest BCUT2D eigenvalue weighted by atomic mass is 32.2. The fraction of sp³-hybridized carbons (Fsp3) is 0.721. The Morgan fingerprint density at radius 3 is 1.32 bits per heavy atom. The number of nitrogens with one attached hydrogen (secondary N) is 16. The molecular formula is C61H108N16O28S5. The fourth-order valence-electron chi connectivity index (χ4n) is 10.5. The summed E-state index contributed by atoms with van der Waals surface area (Å²) in [5.74, 6) is -18.8. The molecule has 0 bridgehead atoms. The highest BCUT2D eigenvalue weighted by molar-refractivity contribution is 7.86. The SMILES string of the molecule is CC[C@H](C)CCCCC(=O)N[C@@H](CCNCS(=O)(=O)O)C(=O)N[C@H](C(=O)N[C@@H](CCNCS(=O)(=O)O)C(=O)N[C@H]1CCNC(=O)[C@H]([C@@H](C)O)NC(=O)[C@H](CCNCS(=O)(=O)O)NC(=O)[C@H](CCNCS(=O)(=O)O)NC(=O)[C@H](CC(C)C)NC(=O)[C@@H](Cc2ccccc2)NC(=O)[C@H](CCNCS(=O)(=O)O)NC1=O)[C@H](C)O. The van der Waals surface area contributed by atoms with Crippen molar-refractivity contribution in [1.82, 2.24) is 85.1 Å². The summed E-state index contributed by atoms with van der Waals surface area (Å²) in [4.78, 5) is 159. The first-order valence-electron chi connectivity index (χ1n) is 35.1. The van der Waals surface area contributed by atoms with Crippen LogP contribution in [0.1, 0.15) is 124 Å². The molecule has 49 heteroatoms. The number of aliphatic hydroxyl groups excluding tert-OH is 2. The molecule has 11 amide bonds. The first-order chi connectivity index (χ1) is 51.1. The number of carbonyl (C=O) groups excluding carboxylic acids is 11. The maximum atomic E-state index is 15.0. The van der Waals surface area contributed by atoms with Gasteiger partial charge in [0.1, 0.15) is 89.8 Å². The lowest BCUT2D eigenvalue weighted by Crippen LogP contribution is -2.62. The van der Waals surface area contributed by atoms with Gasteiger partial charge in [0.15, 0.2) is 0 Å². The molecule has 630 valence electrons. The van der Waals surface area contributed by atoms with Crippen LogP contribution in [0.4, 0.5) is 0 Å². The van der Waals surface area contributed by atoms with Crippen LogP contribution in [0.3, 0.4) is 0 Å². The average molecular weight is 1670 g/mol. The minimum Gasteiger partial charge on any atom is -0.391 e. The van der Waals surface area contributed by atoms with Crippen LogP contribution in [0.2, 0.25) is 0 Å². The molecule has 1 aromatic rings. The second-order valence-electron chi connectivity index (χ2n) is 26.7. The van der Waals surface area contributed by atoms with Gasteiger partial charge in [0.25, 0.3) is 50.6 Å². The Balaban J connectivity index is 3.01. The van der Waals surface area contributed by atoms with Crippen LogP contribution >= 0.6 is 0 Å². The van der Waals surface area contributed by atoms with Gasteiger partial charge >= 0.3 is 0 Å². The van der Waals surface area contributed by atoms with E-state index in [1.165, 1.54) is 12.1 Å². The summed E-state index contributed by atoms with van der Waals surface area (Å²) < 4.78 is 164. The highest BCUT2D eigenvalue weighted by Gasteiger charge is 2.38. The van der Waals surface area contributed by atoms with E-state index in [2.05, 4.69) is 85.1 Å². The lowest BCUT2D eigenvalue weighted by Gasteiger charge is -2.29. The number of unbranched alkanes of at least 4 members (excludes halogenated alkanes) is 1. The number of benzene rings is 1. The van der Waals surface area contributed by atoms with Crippen molar-refractivity contribution in [3.8, 4) is 0 Å². The van der Waals surface area contributed by atoms with Gasteiger partial charge in [-0.15, -0.1) is 0 Å². The Hall–Kier alpha value is -7.34. The quantitative estimate of drug-likeness (QED) is 0.0213. The molecule has 1 heterocycles. The minimum absolute atomic E-state index is 0.0882. The first-order valence-corrected chi connectivity index (χ1v) is 43.1. The third-order valence-electron chi connectivity index (χ3n) is 16.4. The predicted molar refractivity (Wildman–Crippen MR) is 393 cm³/mol. The topological polar surface area (TPSA) is 693 Å². The van der Waals surface area contributed by atoms with E-state index >= 15 is 4.79 Å². The molecule has 1 aliphatic heterocycles. The van der Waals surface area contributed by atoms with Crippen molar-refractivity contribution in [3.05, 3.63) is 35.9 Å². The normalized spacial score (nSPS) is 21.1. The van der Waals surface area contributed by atoms with Crippen molar-refractivity contribution >= 4 is 116 Å². The van der Waals surface area contributed by atoms with Crippen LogP contribution in [0.25, 0.3) is 0 Å². The molecule has 44 nitrogen and oxygen atoms in total. The zero-order valence-corrected chi connectivity index (χ0v) is 65.8. The third-order valence-corrected chi connectivity index (χ3v) is 19.3. The van der Waals surface area contributed by atoms with Crippen molar-refractivity contribution < 1.29 is 128 Å². The molecule has 2 rings (SSSR count). The fourth-order valence-corrected chi connectivity index (χ4v) is 12.5. The second kappa shape index (κ2) is 48.5. The highest BCUT2D eigenvalue weighted by Crippen LogP contribution is 2.15. The molecule has 1 fully saturated rings. The van der Waals surface area contributed by atoms with E-state index in [1.54, 1.807) is 32.0 Å². The molecule has 13 atom stereocenters. The summed E-state index contributed by atoms with van der Waals surface area (Å²) in [5.41, 5.74) is 0.362.